The minimum Gasteiger partial charge on any atom is -0.462 e. The summed E-state index contributed by atoms with van der Waals surface area (Å²) >= 11 is 0. The van der Waals surface area contributed by atoms with Crippen molar-refractivity contribution in [1.29, 1.82) is 0 Å². The van der Waals surface area contributed by atoms with Gasteiger partial charge in [0.25, 0.3) is 0 Å². The summed E-state index contributed by atoms with van der Waals surface area (Å²) in [5.74, 6) is -0.282. The molecule has 0 radical (unpaired) electrons. The minimum atomic E-state index is -0.282. The molecule has 4 nitrogen and oxygen atoms in total. The van der Waals surface area contributed by atoms with Gasteiger partial charge in [0.05, 0.1) is 17.9 Å². The van der Waals surface area contributed by atoms with Gasteiger partial charge in [0.2, 0.25) is 0 Å². The number of fused-ring (bicyclic) bond motifs is 1. The van der Waals surface area contributed by atoms with Crippen molar-refractivity contribution in [3.05, 3.63) is 107 Å². The van der Waals surface area contributed by atoms with Crippen LogP contribution in [0.1, 0.15) is 39.8 Å². The summed E-state index contributed by atoms with van der Waals surface area (Å²) in [6.07, 6.45) is 0. The number of carbonyl (C=O) groups excluding carboxylic acids is 1. The number of rotatable bonds is 6. The first-order valence-corrected chi connectivity index (χ1v) is 12.1. The molecular weight excluding hydrogens is 432 g/mol. The smallest absolute Gasteiger partial charge is 0.340 e. The van der Waals surface area contributed by atoms with E-state index in [1.165, 1.54) is 11.1 Å². The number of nitrogens with zero attached hydrogens (tertiary/aromatic N) is 1. The molecular formula is C31H30N2O2. The van der Waals surface area contributed by atoms with E-state index in [9.17, 15) is 4.79 Å². The van der Waals surface area contributed by atoms with Crippen LogP contribution in [0, 0.1) is 20.8 Å². The maximum Gasteiger partial charge on any atom is 0.340 e. The molecule has 0 bridgehead atoms. The molecule has 35 heavy (non-hydrogen) atoms. The normalized spacial score (nSPS) is 11.2. The molecule has 0 saturated heterocycles. The molecule has 2 heterocycles. The number of hydrogen-bond donors (Lipinski definition) is 1. The summed E-state index contributed by atoms with van der Waals surface area (Å²) < 4.78 is 7.82. The van der Waals surface area contributed by atoms with Crippen molar-refractivity contribution < 1.29 is 9.53 Å². The van der Waals surface area contributed by atoms with Crippen LogP contribution >= 0.6 is 0 Å². The summed E-state index contributed by atoms with van der Waals surface area (Å²) in [7, 11) is 0. The van der Waals surface area contributed by atoms with Crippen LogP contribution in [0.5, 0.6) is 0 Å². The summed E-state index contributed by atoms with van der Waals surface area (Å²) in [5.41, 5.74) is 10.1. The first kappa shape index (κ1) is 22.7. The van der Waals surface area contributed by atoms with Crippen molar-refractivity contribution in [2.24, 2.45) is 0 Å². The molecule has 1 N–H and O–H groups in total. The summed E-state index contributed by atoms with van der Waals surface area (Å²) in [6, 6.07) is 27.1. The Morgan fingerprint density at radius 3 is 2.23 bits per heavy atom. The van der Waals surface area contributed by atoms with E-state index in [1.807, 2.05) is 50.2 Å². The second-order valence-electron chi connectivity index (χ2n) is 9.00. The van der Waals surface area contributed by atoms with Gasteiger partial charge in [0.1, 0.15) is 0 Å². The van der Waals surface area contributed by atoms with Gasteiger partial charge in [-0.25, -0.2) is 4.79 Å². The van der Waals surface area contributed by atoms with Gasteiger partial charge < -0.3 is 14.3 Å². The van der Waals surface area contributed by atoms with Crippen LogP contribution in [0.2, 0.25) is 0 Å². The Morgan fingerprint density at radius 2 is 1.54 bits per heavy atom. The Labute approximate surface area is 206 Å². The lowest BCUT2D eigenvalue weighted by atomic mass is 9.94. The maximum atomic E-state index is 13.4. The molecule has 0 spiro atoms. The van der Waals surface area contributed by atoms with E-state index in [-0.39, 0.29) is 5.97 Å². The van der Waals surface area contributed by atoms with E-state index in [2.05, 4.69) is 65.9 Å². The number of H-pyrrole nitrogens is 1. The standard InChI is InChI=1S/C31H30N2O2/c1-5-35-31(34)28-22(4)33(19-23-12-8-6-9-13-23)21(3)27(28)29-25-18-20(2)16-17-26(25)32-30(29)24-14-10-7-11-15-24/h6-18,32H,5,19H2,1-4H3. The van der Waals surface area contributed by atoms with Crippen LogP contribution in [0.3, 0.4) is 0 Å². The highest BCUT2D eigenvalue weighted by atomic mass is 16.5. The van der Waals surface area contributed by atoms with Crippen LogP contribution < -0.4 is 0 Å². The number of hydrogen-bond acceptors (Lipinski definition) is 2. The molecule has 2 aromatic heterocycles. The van der Waals surface area contributed by atoms with E-state index in [1.54, 1.807) is 0 Å². The third-order valence-electron chi connectivity index (χ3n) is 6.71. The van der Waals surface area contributed by atoms with Crippen LogP contribution in [0.4, 0.5) is 0 Å². The molecule has 0 aliphatic carbocycles. The fourth-order valence-electron chi connectivity index (χ4n) is 5.03. The predicted molar refractivity (Wildman–Crippen MR) is 143 cm³/mol. The molecule has 3 aromatic carbocycles. The van der Waals surface area contributed by atoms with E-state index in [0.717, 1.165) is 44.7 Å². The zero-order chi connectivity index (χ0) is 24.5. The van der Waals surface area contributed by atoms with Gasteiger partial charge >= 0.3 is 5.97 Å². The van der Waals surface area contributed by atoms with Gasteiger partial charge in [-0.15, -0.1) is 0 Å². The number of aromatic nitrogens is 2. The van der Waals surface area contributed by atoms with E-state index in [0.29, 0.717) is 18.7 Å². The molecule has 0 saturated carbocycles. The highest BCUT2D eigenvalue weighted by Crippen LogP contribution is 2.43. The summed E-state index contributed by atoms with van der Waals surface area (Å²) in [5, 5.41) is 1.11. The van der Waals surface area contributed by atoms with Gasteiger partial charge in [-0.2, -0.15) is 0 Å². The molecule has 0 fully saturated rings. The molecule has 5 aromatic rings. The Balaban J connectivity index is 1.84. The molecule has 0 aliphatic rings. The number of nitrogens with one attached hydrogen (secondary N) is 1. The average molecular weight is 463 g/mol. The zero-order valence-corrected chi connectivity index (χ0v) is 20.7. The highest BCUT2D eigenvalue weighted by molar-refractivity contribution is 6.10. The minimum absolute atomic E-state index is 0.282. The van der Waals surface area contributed by atoms with Crippen molar-refractivity contribution >= 4 is 16.9 Å². The summed E-state index contributed by atoms with van der Waals surface area (Å²) in [4.78, 5) is 17.1. The lowest BCUT2D eigenvalue weighted by Crippen LogP contribution is -2.09. The van der Waals surface area contributed by atoms with Crippen molar-refractivity contribution in [2.45, 2.75) is 34.2 Å². The first-order chi connectivity index (χ1) is 17.0. The van der Waals surface area contributed by atoms with Gasteiger partial charge in [-0.3, -0.25) is 0 Å². The summed E-state index contributed by atoms with van der Waals surface area (Å²) in [6.45, 7) is 9.10. The highest BCUT2D eigenvalue weighted by Gasteiger charge is 2.29. The second kappa shape index (κ2) is 9.30. The number of esters is 1. The quantitative estimate of drug-likeness (QED) is 0.266. The Kier molecular flexibility index (Phi) is 6.04. The van der Waals surface area contributed by atoms with Gasteiger partial charge in [-0.1, -0.05) is 72.3 Å². The molecule has 176 valence electrons. The second-order valence-corrected chi connectivity index (χ2v) is 9.00. The van der Waals surface area contributed by atoms with E-state index < -0.39 is 0 Å². The third kappa shape index (κ3) is 4.06. The predicted octanol–water partition coefficient (Wildman–Crippen LogP) is 7.45. The fraction of sp³-hybridized carbons (Fsp3) is 0.194. The largest absolute Gasteiger partial charge is 0.462 e. The van der Waals surface area contributed by atoms with E-state index in [4.69, 9.17) is 4.74 Å². The fourth-order valence-corrected chi connectivity index (χ4v) is 5.03. The monoisotopic (exact) mass is 462 g/mol. The van der Waals surface area contributed by atoms with Crippen LogP contribution in [0.15, 0.2) is 78.9 Å². The van der Waals surface area contributed by atoms with Crippen LogP contribution in [-0.4, -0.2) is 22.1 Å². The van der Waals surface area contributed by atoms with Gasteiger partial charge in [0, 0.05) is 40.0 Å². The van der Waals surface area contributed by atoms with E-state index >= 15 is 0 Å². The molecule has 5 rings (SSSR count). The molecule has 0 unspecified atom stereocenters. The molecule has 0 amide bonds. The van der Waals surface area contributed by atoms with Crippen molar-refractivity contribution in [3.63, 3.8) is 0 Å². The number of ether oxygens (including phenoxy) is 1. The molecule has 4 heteroatoms. The number of aryl methyl sites for hydroxylation is 1. The Morgan fingerprint density at radius 1 is 0.857 bits per heavy atom. The zero-order valence-electron chi connectivity index (χ0n) is 20.7. The van der Waals surface area contributed by atoms with Gasteiger partial charge in [0.15, 0.2) is 0 Å². The lowest BCUT2D eigenvalue weighted by Gasteiger charge is -2.11. The lowest BCUT2D eigenvalue weighted by molar-refractivity contribution is 0.0526. The Hall–Kier alpha value is -4.05. The first-order valence-electron chi connectivity index (χ1n) is 12.1. The average Bonchev–Trinajstić information content (AvgIpc) is 3.35. The van der Waals surface area contributed by atoms with Crippen molar-refractivity contribution in [2.75, 3.05) is 6.61 Å². The van der Waals surface area contributed by atoms with Gasteiger partial charge in [-0.05, 0) is 51.0 Å². The SMILES string of the molecule is CCOC(=O)c1c(-c2c(-c3ccccc3)[nH]c3ccc(C)cc23)c(C)n(Cc2ccccc2)c1C. The molecule has 0 atom stereocenters. The number of benzene rings is 3. The Bertz CT molecular complexity index is 1510. The van der Waals surface area contributed by atoms with Crippen LogP contribution in [0.25, 0.3) is 33.3 Å². The molecule has 0 aliphatic heterocycles. The number of carbonyl (C=O) groups is 1. The third-order valence-corrected chi connectivity index (χ3v) is 6.71. The maximum absolute atomic E-state index is 13.4. The topological polar surface area (TPSA) is 47.0 Å². The number of aromatic amines is 1. The van der Waals surface area contributed by atoms with Crippen molar-refractivity contribution in [3.8, 4) is 22.4 Å². The van der Waals surface area contributed by atoms with Crippen molar-refractivity contribution in [1.82, 2.24) is 9.55 Å². The van der Waals surface area contributed by atoms with Crippen LogP contribution in [-0.2, 0) is 11.3 Å².